The van der Waals surface area contributed by atoms with E-state index in [1.807, 2.05) is 30.3 Å². The molecule has 1 aliphatic heterocycles. The molecule has 7 nitrogen and oxygen atoms in total. The average molecular weight is 443 g/mol. The molecule has 170 valence electrons. The number of benzene rings is 2. The highest BCUT2D eigenvalue weighted by molar-refractivity contribution is 5.77. The lowest BCUT2D eigenvalue weighted by atomic mass is 10.1. The Morgan fingerprint density at radius 3 is 2.36 bits per heavy atom. The van der Waals surface area contributed by atoms with Crippen LogP contribution in [0.4, 0.5) is 17.3 Å². The SMILES string of the molecule is NC(=O)Cc1ccc(-c2ccnc(Nc3ccc(N4CCN(CC5CC5)CC4)cc3)n2)cc1. The molecule has 2 heterocycles. The highest BCUT2D eigenvalue weighted by Gasteiger charge is 2.26. The number of hydrogen-bond acceptors (Lipinski definition) is 6. The Hall–Kier alpha value is -3.45. The van der Waals surface area contributed by atoms with Gasteiger partial charge >= 0.3 is 0 Å². The highest BCUT2D eigenvalue weighted by Crippen LogP contribution is 2.30. The zero-order valence-corrected chi connectivity index (χ0v) is 18.8. The van der Waals surface area contributed by atoms with E-state index in [4.69, 9.17) is 5.73 Å². The van der Waals surface area contributed by atoms with E-state index in [2.05, 4.69) is 49.4 Å². The Balaban J connectivity index is 1.19. The monoisotopic (exact) mass is 442 g/mol. The first-order chi connectivity index (χ1) is 16.1. The number of aromatic nitrogens is 2. The second-order valence-corrected chi connectivity index (χ2v) is 9.01. The van der Waals surface area contributed by atoms with E-state index >= 15 is 0 Å². The van der Waals surface area contributed by atoms with E-state index in [1.54, 1.807) is 6.20 Å². The molecule has 33 heavy (non-hydrogen) atoms. The third-order valence-electron chi connectivity index (χ3n) is 6.36. The molecule has 0 radical (unpaired) electrons. The lowest BCUT2D eigenvalue weighted by Gasteiger charge is -2.36. The number of nitrogens with two attached hydrogens (primary N) is 1. The molecular formula is C26H30N6O. The van der Waals surface area contributed by atoms with Crippen molar-refractivity contribution >= 4 is 23.2 Å². The van der Waals surface area contributed by atoms with Crippen molar-refractivity contribution in [1.82, 2.24) is 14.9 Å². The van der Waals surface area contributed by atoms with Crippen molar-refractivity contribution in [2.75, 3.05) is 42.9 Å². The summed E-state index contributed by atoms with van der Waals surface area (Å²) >= 11 is 0. The Kier molecular flexibility index (Phi) is 6.21. The number of nitrogens with one attached hydrogen (secondary N) is 1. The van der Waals surface area contributed by atoms with E-state index in [0.717, 1.165) is 54.6 Å². The fourth-order valence-electron chi connectivity index (χ4n) is 4.31. The van der Waals surface area contributed by atoms with Crippen molar-refractivity contribution in [2.24, 2.45) is 11.7 Å². The predicted octanol–water partition coefficient (Wildman–Crippen LogP) is 3.45. The smallest absolute Gasteiger partial charge is 0.227 e. The first-order valence-electron chi connectivity index (χ1n) is 11.7. The van der Waals surface area contributed by atoms with Crippen molar-refractivity contribution in [1.29, 1.82) is 0 Å². The molecule has 3 aromatic rings. The highest BCUT2D eigenvalue weighted by atomic mass is 16.1. The lowest BCUT2D eigenvalue weighted by molar-refractivity contribution is -0.117. The summed E-state index contributed by atoms with van der Waals surface area (Å²) < 4.78 is 0. The maximum atomic E-state index is 11.1. The number of anilines is 3. The van der Waals surface area contributed by atoms with E-state index < -0.39 is 0 Å². The number of hydrogen-bond donors (Lipinski definition) is 2. The normalized spacial score (nSPS) is 16.5. The van der Waals surface area contributed by atoms with E-state index in [1.165, 1.54) is 25.1 Å². The summed E-state index contributed by atoms with van der Waals surface area (Å²) in [5.41, 5.74) is 10.2. The van der Waals surface area contributed by atoms with Crippen molar-refractivity contribution in [3.05, 3.63) is 66.4 Å². The third kappa shape index (κ3) is 5.68. The van der Waals surface area contributed by atoms with Gasteiger partial charge in [-0.05, 0) is 54.7 Å². The van der Waals surface area contributed by atoms with Gasteiger partial charge in [0.05, 0.1) is 12.1 Å². The van der Waals surface area contributed by atoms with Gasteiger partial charge < -0.3 is 16.0 Å². The third-order valence-corrected chi connectivity index (χ3v) is 6.36. The van der Waals surface area contributed by atoms with E-state index in [0.29, 0.717) is 5.95 Å². The predicted molar refractivity (Wildman–Crippen MR) is 131 cm³/mol. The molecule has 2 aromatic carbocycles. The summed E-state index contributed by atoms with van der Waals surface area (Å²) in [7, 11) is 0. The van der Waals surface area contributed by atoms with Gasteiger partial charge in [0.15, 0.2) is 0 Å². The van der Waals surface area contributed by atoms with Gasteiger partial charge in [-0.3, -0.25) is 9.69 Å². The Labute approximate surface area is 194 Å². The van der Waals surface area contributed by atoms with Crippen LogP contribution < -0.4 is 16.0 Å². The van der Waals surface area contributed by atoms with Gasteiger partial charge in [0.2, 0.25) is 11.9 Å². The van der Waals surface area contributed by atoms with Crippen LogP contribution in [0.25, 0.3) is 11.3 Å². The zero-order chi connectivity index (χ0) is 22.6. The Morgan fingerprint density at radius 1 is 0.970 bits per heavy atom. The molecule has 0 bridgehead atoms. The summed E-state index contributed by atoms with van der Waals surface area (Å²) in [5.74, 6) is 1.18. The summed E-state index contributed by atoms with van der Waals surface area (Å²) in [4.78, 5) is 25.2. The fourth-order valence-corrected chi connectivity index (χ4v) is 4.31. The van der Waals surface area contributed by atoms with Gasteiger partial charge in [-0.25, -0.2) is 9.97 Å². The molecule has 5 rings (SSSR count). The van der Waals surface area contributed by atoms with Gasteiger partial charge in [-0.15, -0.1) is 0 Å². The van der Waals surface area contributed by atoms with Crippen LogP contribution >= 0.6 is 0 Å². The summed E-state index contributed by atoms with van der Waals surface area (Å²) in [6.45, 7) is 5.76. The van der Waals surface area contributed by atoms with Crippen molar-refractivity contribution < 1.29 is 4.79 Å². The molecule has 0 spiro atoms. The molecule has 0 atom stereocenters. The molecule has 1 aliphatic carbocycles. The molecule has 1 saturated carbocycles. The first-order valence-corrected chi connectivity index (χ1v) is 11.7. The van der Waals surface area contributed by atoms with Crippen LogP contribution in [-0.4, -0.2) is 53.5 Å². The Bertz CT molecular complexity index is 1090. The van der Waals surface area contributed by atoms with Crippen LogP contribution in [0, 0.1) is 5.92 Å². The standard InChI is InChI=1S/C26H30N6O/c27-25(33)17-19-3-5-21(6-4-19)24-11-12-28-26(30-24)29-22-7-9-23(10-8-22)32-15-13-31(14-16-32)18-20-1-2-20/h3-12,20H,1-2,13-18H2,(H2,27,33)(H,28,29,30). The quantitative estimate of drug-likeness (QED) is 0.556. The molecule has 1 amide bonds. The molecule has 2 aliphatic rings. The van der Waals surface area contributed by atoms with Crippen LogP contribution in [0.2, 0.25) is 0 Å². The number of rotatable bonds is 8. The number of primary amides is 1. The topological polar surface area (TPSA) is 87.4 Å². The van der Waals surface area contributed by atoms with Gasteiger partial charge in [0.25, 0.3) is 0 Å². The van der Waals surface area contributed by atoms with Crippen LogP contribution in [0.15, 0.2) is 60.8 Å². The summed E-state index contributed by atoms with van der Waals surface area (Å²) in [6, 6.07) is 18.1. The maximum Gasteiger partial charge on any atom is 0.227 e. The van der Waals surface area contributed by atoms with Gasteiger partial charge in [-0.1, -0.05) is 24.3 Å². The fraction of sp³-hybridized carbons (Fsp3) is 0.346. The van der Waals surface area contributed by atoms with Gasteiger partial charge in [0.1, 0.15) is 0 Å². The minimum atomic E-state index is -0.335. The van der Waals surface area contributed by atoms with Crippen LogP contribution in [0.5, 0.6) is 0 Å². The minimum absolute atomic E-state index is 0.239. The molecular weight excluding hydrogens is 412 g/mol. The molecule has 0 unspecified atom stereocenters. The average Bonchev–Trinajstić information content (AvgIpc) is 3.65. The van der Waals surface area contributed by atoms with Crippen LogP contribution in [0.1, 0.15) is 18.4 Å². The van der Waals surface area contributed by atoms with Crippen LogP contribution in [-0.2, 0) is 11.2 Å². The van der Waals surface area contributed by atoms with E-state index in [-0.39, 0.29) is 12.3 Å². The molecule has 2 fully saturated rings. The number of amides is 1. The first kappa shape index (κ1) is 21.4. The number of nitrogens with zero attached hydrogens (tertiary/aromatic N) is 4. The van der Waals surface area contributed by atoms with Crippen molar-refractivity contribution in [3.8, 4) is 11.3 Å². The van der Waals surface area contributed by atoms with E-state index in [9.17, 15) is 4.79 Å². The second kappa shape index (κ2) is 9.58. The number of carbonyl (C=O) groups excluding carboxylic acids is 1. The largest absolute Gasteiger partial charge is 0.369 e. The summed E-state index contributed by atoms with van der Waals surface area (Å²) in [6.07, 6.45) is 4.83. The van der Waals surface area contributed by atoms with Crippen LogP contribution in [0.3, 0.4) is 0 Å². The maximum absolute atomic E-state index is 11.1. The van der Waals surface area contributed by atoms with Crippen molar-refractivity contribution in [3.63, 3.8) is 0 Å². The molecule has 1 aromatic heterocycles. The number of piperazine rings is 1. The zero-order valence-electron chi connectivity index (χ0n) is 18.8. The van der Waals surface area contributed by atoms with Crippen molar-refractivity contribution in [2.45, 2.75) is 19.3 Å². The number of carbonyl (C=O) groups is 1. The summed E-state index contributed by atoms with van der Waals surface area (Å²) in [5, 5.41) is 3.31. The Morgan fingerprint density at radius 2 is 1.70 bits per heavy atom. The molecule has 7 heteroatoms. The van der Waals surface area contributed by atoms with Gasteiger partial charge in [-0.2, -0.15) is 0 Å². The molecule has 3 N–H and O–H groups in total. The second-order valence-electron chi connectivity index (χ2n) is 9.01. The minimum Gasteiger partial charge on any atom is -0.369 e. The lowest BCUT2D eigenvalue weighted by Crippen LogP contribution is -2.47. The molecule has 1 saturated heterocycles. The van der Waals surface area contributed by atoms with Gasteiger partial charge in [0, 0.05) is 55.9 Å².